The van der Waals surface area contributed by atoms with Crippen molar-refractivity contribution < 1.29 is 14.3 Å². The third-order valence-corrected chi connectivity index (χ3v) is 6.25. The van der Waals surface area contributed by atoms with Crippen molar-refractivity contribution in [2.24, 2.45) is 5.92 Å². The second-order valence-corrected chi connectivity index (χ2v) is 8.56. The van der Waals surface area contributed by atoms with E-state index >= 15 is 0 Å². The first-order valence-corrected chi connectivity index (χ1v) is 11.1. The molecule has 1 aromatic carbocycles. The molecule has 1 unspecified atom stereocenters. The van der Waals surface area contributed by atoms with Gasteiger partial charge in [0, 0.05) is 37.2 Å². The Kier molecular flexibility index (Phi) is 5.80. The van der Waals surface area contributed by atoms with Gasteiger partial charge in [0.25, 0.3) is 0 Å². The van der Waals surface area contributed by atoms with Gasteiger partial charge in [0.1, 0.15) is 12.3 Å². The van der Waals surface area contributed by atoms with Gasteiger partial charge in [0.05, 0.1) is 29.6 Å². The molecule has 1 atom stereocenters. The summed E-state index contributed by atoms with van der Waals surface area (Å²) in [5, 5.41) is 9.09. The van der Waals surface area contributed by atoms with Gasteiger partial charge in [-0.2, -0.15) is 0 Å². The number of aryl methyl sites for hydroxylation is 1. The molecular formula is C23H24ClN5O3. The van der Waals surface area contributed by atoms with Crippen molar-refractivity contribution in [3.8, 4) is 11.6 Å². The molecule has 4 heterocycles. The summed E-state index contributed by atoms with van der Waals surface area (Å²) < 4.78 is 13.1. The summed E-state index contributed by atoms with van der Waals surface area (Å²) in [6.45, 7) is 4.66. The Bertz CT molecular complexity index is 1130. The van der Waals surface area contributed by atoms with Crippen LogP contribution in [-0.2, 0) is 29.1 Å². The van der Waals surface area contributed by atoms with Gasteiger partial charge in [-0.1, -0.05) is 22.9 Å². The van der Waals surface area contributed by atoms with E-state index in [1.165, 1.54) is 0 Å². The van der Waals surface area contributed by atoms with Crippen molar-refractivity contribution in [3.05, 3.63) is 64.1 Å². The van der Waals surface area contributed by atoms with Gasteiger partial charge >= 0.3 is 0 Å². The lowest BCUT2D eigenvalue weighted by atomic mass is 10.0. The minimum absolute atomic E-state index is 0.00513. The summed E-state index contributed by atoms with van der Waals surface area (Å²) in [7, 11) is 0. The first-order chi connectivity index (χ1) is 15.6. The molecule has 5 rings (SSSR count). The van der Waals surface area contributed by atoms with E-state index in [2.05, 4.69) is 10.3 Å². The van der Waals surface area contributed by atoms with Gasteiger partial charge in [-0.3, -0.25) is 4.79 Å². The Labute approximate surface area is 191 Å². The molecule has 2 aromatic heterocycles. The zero-order valence-corrected chi connectivity index (χ0v) is 18.6. The molecule has 0 radical (unpaired) electrons. The standard InChI is InChI=1S/C23H24ClN5O3/c1-15-21(29(27-26-15)19-5-3-18(24)4-6-19)14-32-22-7-2-16-12-28(10-8-20(16)25-22)23(30)17-9-11-31-13-17/h2-7,17H,8-14H2,1H3. The Morgan fingerprint density at radius 2 is 2.09 bits per heavy atom. The highest BCUT2D eigenvalue weighted by atomic mass is 35.5. The van der Waals surface area contributed by atoms with Gasteiger partial charge in [-0.15, -0.1) is 5.10 Å². The van der Waals surface area contributed by atoms with E-state index in [1.807, 2.05) is 48.2 Å². The Hall–Kier alpha value is -2.97. The normalized spacial score (nSPS) is 17.9. The summed E-state index contributed by atoms with van der Waals surface area (Å²) in [5.74, 6) is 0.734. The maximum Gasteiger partial charge on any atom is 0.228 e. The summed E-state index contributed by atoms with van der Waals surface area (Å²) in [6, 6.07) is 11.3. The number of fused-ring (bicyclic) bond motifs is 1. The van der Waals surface area contributed by atoms with Crippen LogP contribution in [0.4, 0.5) is 0 Å². The fourth-order valence-corrected chi connectivity index (χ4v) is 4.25. The van der Waals surface area contributed by atoms with E-state index in [4.69, 9.17) is 26.1 Å². The quantitative estimate of drug-likeness (QED) is 0.590. The van der Waals surface area contributed by atoms with Crippen molar-refractivity contribution in [3.63, 3.8) is 0 Å². The fourth-order valence-electron chi connectivity index (χ4n) is 4.13. The minimum atomic E-state index is -0.00513. The number of pyridine rings is 1. The van der Waals surface area contributed by atoms with Gasteiger partial charge < -0.3 is 14.4 Å². The second kappa shape index (κ2) is 8.88. The van der Waals surface area contributed by atoms with Crippen LogP contribution in [0, 0.1) is 12.8 Å². The lowest BCUT2D eigenvalue weighted by Gasteiger charge is -2.30. The van der Waals surface area contributed by atoms with Gasteiger partial charge in [0.2, 0.25) is 11.8 Å². The number of carbonyl (C=O) groups excluding carboxylic acids is 1. The highest BCUT2D eigenvalue weighted by molar-refractivity contribution is 6.30. The van der Waals surface area contributed by atoms with E-state index < -0.39 is 0 Å². The maximum atomic E-state index is 12.7. The van der Waals surface area contributed by atoms with Crippen molar-refractivity contribution >= 4 is 17.5 Å². The molecule has 0 bridgehead atoms. The van der Waals surface area contributed by atoms with E-state index in [0.717, 1.165) is 41.2 Å². The predicted octanol–water partition coefficient (Wildman–Crippen LogP) is 3.12. The molecule has 1 fully saturated rings. The first kappa shape index (κ1) is 20.9. The largest absolute Gasteiger partial charge is 0.471 e. The number of aromatic nitrogens is 4. The number of nitrogens with zero attached hydrogens (tertiary/aromatic N) is 5. The van der Waals surface area contributed by atoms with Gasteiger partial charge in [-0.05, 0) is 43.2 Å². The molecule has 0 saturated carbocycles. The molecular weight excluding hydrogens is 430 g/mol. The van der Waals surface area contributed by atoms with Crippen molar-refractivity contribution in [1.29, 1.82) is 0 Å². The molecule has 166 valence electrons. The van der Waals surface area contributed by atoms with Crippen LogP contribution >= 0.6 is 11.6 Å². The van der Waals surface area contributed by atoms with E-state index in [9.17, 15) is 4.79 Å². The van der Waals surface area contributed by atoms with Crippen LogP contribution in [0.15, 0.2) is 36.4 Å². The zero-order chi connectivity index (χ0) is 22.1. The summed E-state index contributed by atoms with van der Waals surface area (Å²) in [5.41, 5.74) is 4.56. The summed E-state index contributed by atoms with van der Waals surface area (Å²) in [6.07, 6.45) is 1.53. The van der Waals surface area contributed by atoms with Gasteiger partial charge in [0.15, 0.2) is 0 Å². The molecule has 32 heavy (non-hydrogen) atoms. The Morgan fingerprint density at radius 3 is 2.88 bits per heavy atom. The van der Waals surface area contributed by atoms with Crippen LogP contribution in [0.3, 0.4) is 0 Å². The smallest absolute Gasteiger partial charge is 0.228 e. The van der Waals surface area contributed by atoms with Gasteiger partial charge in [-0.25, -0.2) is 9.67 Å². The molecule has 2 aliphatic heterocycles. The van der Waals surface area contributed by atoms with E-state index in [1.54, 1.807) is 4.68 Å². The predicted molar refractivity (Wildman–Crippen MR) is 118 cm³/mol. The molecule has 1 amide bonds. The van der Waals surface area contributed by atoms with Crippen LogP contribution in [0.2, 0.25) is 5.02 Å². The monoisotopic (exact) mass is 453 g/mol. The van der Waals surface area contributed by atoms with E-state index in [0.29, 0.717) is 43.8 Å². The number of carbonyl (C=O) groups is 1. The number of hydrogen-bond donors (Lipinski definition) is 0. The van der Waals surface area contributed by atoms with Crippen LogP contribution < -0.4 is 4.74 Å². The maximum absolute atomic E-state index is 12.7. The van der Waals surface area contributed by atoms with E-state index in [-0.39, 0.29) is 11.8 Å². The highest BCUT2D eigenvalue weighted by Crippen LogP contribution is 2.25. The molecule has 8 nitrogen and oxygen atoms in total. The second-order valence-electron chi connectivity index (χ2n) is 8.12. The van der Waals surface area contributed by atoms with Crippen molar-refractivity contribution in [1.82, 2.24) is 24.9 Å². The Morgan fingerprint density at radius 1 is 1.25 bits per heavy atom. The minimum Gasteiger partial charge on any atom is -0.471 e. The van der Waals surface area contributed by atoms with Crippen LogP contribution in [0.1, 0.15) is 29.1 Å². The molecule has 9 heteroatoms. The average molecular weight is 454 g/mol. The van der Waals surface area contributed by atoms with Crippen LogP contribution in [0.25, 0.3) is 5.69 Å². The number of halogens is 1. The lowest BCUT2D eigenvalue weighted by Crippen LogP contribution is -2.40. The molecule has 2 aliphatic rings. The SMILES string of the molecule is Cc1nnn(-c2ccc(Cl)cc2)c1COc1ccc2c(n1)CCN(C(=O)C1CCOC1)C2. The van der Waals surface area contributed by atoms with Crippen LogP contribution in [0.5, 0.6) is 5.88 Å². The molecule has 1 saturated heterocycles. The molecule has 0 spiro atoms. The lowest BCUT2D eigenvalue weighted by molar-refractivity contribution is -0.136. The molecule has 0 N–H and O–H groups in total. The first-order valence-electron chi connectivity index (χ1n) is 10.7. The molecule has 0 aliphatic carbocycles. The van der Waals surface area contributed by atoms with Crippen molar-refractivity contribution in [2.45, 2.75) is 32.9 Å². The van der Waals surface area contributed by atoms with Crippen molar-refractivity contribution in [2.75, 3.05) is 19.8 Å². The molecule has 3 aromatic rings. The number of amides is 1. The summed E-state index contributed by atoms with van der Waals surface area (Å²) >= 11 is 6.00. The van der Waals surface area contributed by atoms with Crippen LogP contribution in [-0.4, -0.2) is 50.5 Å². The third kappa shape index (κ3) is 4.20. The Balaban J connectivity index is 1.27. The number of rotatable bonds is 5. The highest BCUT2D eigenvalue weighted by Gasteiger charge is 2.30. The number of hydrogen-bond acceptors (Lipinski definition) is 6. The average Bonchev–Trinajstić information content (AvgIpc) is 3.47. The number of ether oxygens (including phenoxy) is 2. The topological polar surface area (TPSA) is 82.4 Å². The zero-order valence-electron chi connectivity index (χ0n) is 17.8. The summed E-state index contributed by atoms with van der Waals surface area (Å²) in [4.78, 5) is 19.3. The fraction of sp³-hybridized carbons (Fsp3) is 0.391. The third-order valence-electron chi connectivity index (χ3n) is 6.00. The number of benzene rings is 1.